The summed E-state index contributed by atoms with van der Waals surface area (Å²) in [4.78, 5) is 24.9. The van der Waals surface area contributed by atoms with Gasteiger partial charge in [-0.05, 0) is 80.6 Å². The monoisotopic (exact) mass is 673 g/mol. The minimum Gasteiger partial charge on any atom is -0.397 e. The maximum Gasteiger partial charge on any atom is 0.255 e. The molecule has 0 spiro atoms. The van der Waals surface area contributed by atoms with E-state index in [2.05, 4.69) is 10.6 Å². The van der Waals surface area contributed by atoms with Crippen molar-refractivity contribution >= 4 is 85.3 Å². The fourth-order valence-corrected chi connectivity index (χ4v) is 5.88. The molecule has 0 saturated heterocycles. The van der Waals surface area contributed by atoms with Crippen LogP contribution in [0.25, 0.3) is 0 Å². The average Bonchev–Trinajstić information content (AvgIpc) is 2.52. The van der Waals surface area contributed by atoms with E-state index in [1.807, 2.05) is 67.8 Å². The molecule has 0 radical (unpaired) electrons. The zero-order chi connectivity index (χ0) is 18.6. The van der Waals surface area contributed by atoms with Gasteiger partial charge in [-0.1, -0.05) is 13.8 Å². The molecule has 0 aromatic heterocycles. The molecular formula is C14H18I3N3O4. The Morgan fingerprint density at radius 1 is 0.917 bits per heavy atom. The Hall–Kier alpha value is 0.0700. The Balaban J connectivity index is 3.42. The molecule has 6 N–H and O–H groups in total. The second-order valence-corrected chi connectivity index (χ2v) is 8.14. The van der Waals surface area contributed by atoms with Gasteiger partial charge in [0.1, 0.15) is 12.5 Å². The van der Waals surface area contributed by atoms with Crippen LogP contribution in [0.1, 0.15) is 47.4 Å². The van der Waals surface area contributed by atoms with Crippen molar-refractivity contribution in [3.8, 4) is 0 Å². The van der Waals surface area contributed by atoms with E-state index in [4.69, 9.17) is 5.73 Å². The normalized spacial score (nSPS) is 13.3. The number of carbonyl (C=O) groups excluding carboxylic acids is 2. The van der Waals surface area contributed by atoms with Gasteiger partial charge in [0.15, 0.2) is 0 Å². The molecule has 24 heavy (non-hydrogen) atoms. The second-order valence-electron chi connectivity index (χ2n) is 4.90. The van der Waals surface area contributed by atoms with Crippen molar-refractivity contribution in [2.45, 2.75) is 39.1 Å². The van der Waals surface area contributed by atoms with E-state index < -0.39 is 24.3 Å². The molecule has 1 aromatic rings. The molecule has 0 fully saturated rings. The van der Waals surface area contributed by atoms with Crippen LogP contribution in [0.4, 0.5) is 5.69 Å². The molecule has 0 saturated carbocycles. The predicted octanol–water partition coefficient (Wildman–Crippen LogP) is 2.00. The van der Waals surface area contributed by atoms with Crippen LogP contribution >= 0.6 is 67.8 Å². The summed E-state index contributed by atoms with van der Waals surface area (Å²) >= 11 is 5.80. The van der Waals surface area contributed by atoms with E-state index >= 15 is 0 Å². The molecule has 0 aliphatic rings. The number of amides is 2. The minimum atomic E-state index is -0.983. The van der Waals surface area contributed by atoms with E-state index in [9.17, 15) is 19.8 Å². The number of aliphatic hydroxyl groups is 2. The van der Waals surface area contributed by atoms with Gasteiger partial charge in [0, 0.05) is 3.57 Å². The molecule has 2 amide bonds. The van der Waals surface area contributed by atoms with Gasteiger partial charge in [-0.3, -0.25) is 9.59 Å². The summed E-state index contributed by atoms with van der Waals surface area (Å²) in [5.74, 6) is -1.02. The number of hydrogen-bond acceptors (Lipinski definition) is 5. The van der Waals surface area contributed by atoms with Crippen molar-refractivity contribution in [2.24, 2.45) is 0 Å². The fraction of sp³-hybridized carbons (Fsp3) is 0.429. The Labute approximate surface area is 180 Å². The van der Waals surface area contributed by atoms with Crippen molar-refractivity contribution < 1.29 is 19.8 Å². The first-order valence-corrected chi connectivity index (χ1v) is 10.3. The number of nitrogen functional groups attached to an aromatic ring is 1. The second kappa shape index (κ2) is 9.68. The number of rotatable bonds is 6. The summed E-state index contributed by atoms with van der Waals surface area (Å²) in [5, 5.41) is 24.2. The van der Waals surface area contributed by atoms with Gasteiger partial charge in [-0.2, -0.15) is 0 Å². The predicted molar refractivity (Wildman–Crippen MR) is 117 cm³/mol. The lowest BCUT2D eigenvalue weighted by molar-refractivity contribution is 0.0771. The molecule has 10 heteroatoms. The lowest BCUT2D eigenvalue weighted by Crippen LogP contribution is -2.37. The molecule has 7 nitrogen and oxygen atoms in total. The third-order valence-electron chi connectivity index (χ3n) is 3.17. The average molecular weight is 673 g/mol. The van der Waals surface area contributed by atoms with E-state index in [1.165, 1.54) is 0 Å². The molecule has 0 heterocycles. The van der Waals surface area contributed by atoms with Gasteiger partial charge < -0.3 is 26.6 Å². The van der Waals surface area contributed by atoms with E-state index in [0.29, 0.717) is 29.2 Å². The number of hydrogen-bond donors (Lipinski definition) is 5. The van der Waals surface area contributed by atoms with Crippen LogP contribution in [0.5, 0.6) is 0 Å². The highest BCUT2D eigenvalue weighted by Crippen LogP contribution is 2.33. The molecule has 2 atom stereocenters. The van der Waals surface area contributed by atoms with Crippen LogP contribution in [0, 0.1) is 10.7 Å². The Kier molecular flexibility index (Phi) is 8.92. The molecule has 0 aliphatic carbocycles. The number of nitrogens with one attached hydrogen (secondary N) is 2. The zero-order valence-corrected chi connectivity index (χ0v) is 19.5. The summed E-state index contributed by atoms with van der Waals surface area (Å²) in [6, 6.07) is 0. The number of carbonyl (C=O) groups is 2. The van der Waals surface area contributed by atoms with Gasteiger partial charge in [0.2, 0.25) is 0 Å². The van der Waals surface area contributed by atoms with Crippen molar-refractivity contribution in [3.63, 3.8) is 0 Å². The quantitative estimate of drug-likeness (QED) is 0.180. The molecule has 1 aromatic carbocycles. The van der Waals surface area contributed by atoms with Crippen LogP contribution in [0.2, 0.25) is 0 Å². The highest BCUT2D eigenvalue weighted by Gasteiger charge is 2.27. The number of anilines is 1. The van der Waals surface area contributed by atoms with Gasteiger partial charge in [-0.15, -0.1) is 0 Å². The fourth-order valence-electron chi connectivity index (χ4n) is 1.73. The van der Waals surface area contributed by atoms with Crippen LogP contribution in [0.3, 0.4) is 0 Å². The van der Waals surface area contributed by atoms with Crippen molar-refractivity contribution in [3.05, 3.63) is 21.8 Å². The number of halogens is 3. The summed E-state index contributed by atoms with van der Waals surface area (Å²) < 4.78 is 1.43. The first kappa shape index (κ1) is 22.1. The van der Waals surface area contributed by atoms with Gasteiger partial charge in [0.25, 0.3) is 11.8 Å². The van der Waals surface area contributed by atoms with E-state index in [1.54, 1.807) is 13.8 Å². The Morgan fingerprint density at radius 3 is 1.54 bits per heavy atom. The SMILES string of the molecule is CCC(O)NC(=O)c1c(I)c(N)c(I)c(C(=O)NC(O)CC)c1I. The van der Waals surface area contributed by atoms with E-state index in [0.717, 1.165) is 0 Å². The van der Waals surface area contributed by atoms with Gasteiger partial charge in [-0.25, -0.2) is 0 Å². The van der Waals surface area contributed by atoms with Crippen molar-refractivity contribution in [1.29, 1.82) is 0 Å². The molecule has 2 unspecified atom stereocenters. The lowest BCUT2D eigenvalue weighted by atomic mass is 10.1. The van der Waals surface area contributed by atoms with Crippen molar-refractivity contribution in [2.75, 3.05) is 5.73 Å². The minimum absolute atomic E-state index is 0.234. The van der Waals surface area contributed by atoms with Crippen LogP contribution in [-0.4, -0.2) is 34.5 Å². The summed E-state index contributed by atoms with van der Waals surface area (Å²) in [6.07, 6.45) is -1.25. The van der Waals surface area contributed by atoms with Crippen LogP contribution in [-0.2, 0) is 0 Å². The van der Waals surface area contributed by atoms with Gasteiger partial charge >= 0.3 is 0 Å². The maximum absolute atomic E-state index is 12.5. The van der Waals surface area contributed by atoms with Crippen LogP contribution < -0.4 is 16.4 Å². The number of benzene rings is 1. The third kappa shape index (κ3) is 5.04. The standard InChI is InChI=1S/C14H18I3N3O4/c1-3-5(21)19-13(23)7-9(15)8(11(17)12(18)10(7)16)14(24)20-6(22)4-2/h5-6,21-22H,3-4,18H2,1-2H3,(H,19,23)(H,20,24). The number of nitrogens with two attached hydrogens (primary N) is 1. The topological polar surface area (TPSA) is 125 Å². The highest BCUT2D eigenvalue weighted by molar-refractivity contribution is 14.1. The molecule has 134 valence electrons. The third-order valence-corrected chi connectivity index (χ3v) is 6.49. The lowest BCUT2D eigenvalue weighted by Gasteiger charge is -2.19. The molecule has 0 bridgehead atoms. The smallest absolute Gasteiger partial charge is 0.255 e. The summed E-state index contributed by atoms with van der Waals surface area (Å²) in [7, 11) is 0. The van der Waals surface area contributed by atoms with Gasteiger partial charge in [0.05, 0.1) is 24.0 Å². The summed E-state index contributed by atoms with van der Waals surface area (Å²) in [5.41, 5.74) is 6.83. The summed E-state index contributed by atoms with van der Waals surface area (Å²) in [6.45, 7) is 3.46. The first-order chi connectivity index (χ1) is 11.1. The van der Waals surface area contributed by atoms with E-state index in [-0.39, 0.29) is 11.1 Å². The molecule has 0 aliphatic heterocycles. The maximum atomic E-state index is 12.5. The molecule has 1 rings (SSSR count). The molecular weight excluding hydrogens is 655 g/mol. The van der Waals surface area contributed by atoms with Crippen molar-refractivity contribution in [1.82, 2.24) is 10.6 Å². The number of aliphatic hydroxyl groups excluding tert-OH is 2. The zero-order valence-electron chi connectivity index (χ0n) is 13.0. The highest BCUT2D eigenvalue weighted by atomic mass is 127. The first-order valence-electron chi connectivity index (χ1n) is 7.09. The Bertz CT molecular complexity index is 604. The Morgan fingerprint density at radius 2 is 1.25 bits per heavy atom. The van der Waals surface area contributed by atoms with Crippen LogP contribution in [0.15, 0.2) is 0 Å². The largest absolute Gasteiger partial charge is 0.397 e.